The summed E-state index contributed by atoms with van der Waals surface area (Å²) >= 11 is 0. The summed E-state index contributed by atoms with van der Waals surface area (Å²) in [5, 5.41) is 0. The van der Waals surface area contributed by atoms with Crippen LogP contribution in [0.3, 0.4) is 0 Å². The molecule has 0 N–H and O–H groups in total. The van der Waals surface area contributed by atoms with E-state index in [4.69, 9.17) is 9.47 Å². The molecule has 5 rings (SSSR count). The van der Waals surface area contributed by atoms with Crippen molar-refractivity contribution in [1.29, 1.82) is 0 Å². The lowest BCUT2D eigenvalue weighted by Gasteiger charge is -2.59. The van der Waals surface area contributed by atoms with Gasteiger partial charge in [0.15, 0.2) is 11.6 Å². The summed E-state index contributed by atoms with van der Waals surface area (Å²) in [6.45, 7) is 6.67. The third kappa shape index (κ3) is 2.14. The molecule has 0 aromatic rings. The number of rotatable bonds is 4. The minimum absolute atomic E-state index is 0.108. The van der Waals surface area contributed by atoms with Crippen LogP contribution in [0.2, 0.25) is 0 Å². The van der Waals surface area contributed by atoms with Gasteiger partial charge < -0.3 is 9.47 Å². The molecule has 0 radical (unpaired) electrons. The van der Waals surface area contributed by atoms with E-state index in [1.54, 1.807) is 14.0 Å². The number of methoxy groups -OCH3 is 1. The van der Waals surface area contributed by atoms with Crippen LogP contribution < -0.4 is 0 Å². The molecular formula is C24H34O4. The molecular weight excluding hydrogens is 352 g/mol. The van der Waals surface area contributed by atoms with Gasteiger partial charge in [-0.2, -0.15) is 0 Å². The molecule has 5 aliphatic rings. The van der Waals surface area contributed by atoms with Gasteiger partial charge in [-0.25, -0.2) is 0 Å². The van der Waals surface area contributed by atoms with Crippen LogP contribution in [0, 0.1) is 40.4 Å². The van der Waals surface area contributed by atoms with E-state index in [0.29, 0.717) is 35.4 Å². The van der Waals surface area contributed by atoms with Crippen LogP contribution in [0.5, 0.6) is 0 Å². The van der Waals surface area contributed by atoms with Crippen molar-refractivity contribution in [2.45, 2.75) is 71.3 Å². The summed E-state index contributed by atoms with van der Waals surface area (Å²) in [6, 6.07) is 0. The van der Waals surface area contributed by atoms with Gasteiger partial charge >= 0.3 is 0 Å². The number of carbonyl (C=O) groups excluding carboxylic acids is 2. The monoisotopic (exact) mass is 386 g/mol. The van der Waals surface area contributed by atoms with Crippen molar-refractivity contribution in [3.05, 3.63) is 11.6 Å². The topological polar surface area (TPSA) is 52.6 Å². The fourth-order valence-electron chi connectivity index (χ4n) is 8.53. The second kappa shape index (κ2) is 6.01. The first-order valence-electron chi connectivity index (χ1n) is 11.2. The third-order valence-electron chi connectivity index (χ3n) is 10.0. The largest absolute Gasteiger partial charge is 0.359 e. The number of ketones is 2. The fourth-order valence-corrected chi connectivity index (χ4v) is 8.53. The zero-order valence-electron chi connectivity index (χ0n) is 17.8. The summed E-state index contributed by atoms with van der Waals surface area (Å²) < 4.78 is 11.4. The van der Waals surface area contributed by atoms with Crippen molar-refractivity contribution in [1.82, 2.24) is 0 Å². The number of hydrogen-bond acceptors (Lipinski definition) is 4. The second-order valence-electron chi connectivity index (χ2n) is 10.6. The van der Waals surface area contributed by atoms with Gasteiger partial charge in [0.2, 0.25) is 0 Å². The molecule has 0 aromatic carbocycles. The smallest absolute Gasteiger partial charge is 0.162 e. The van der Waals surface area contributed by atoms with Crippen LogP contribution in [0.15, 0.2) is 11.6 Å². The SMILES string of the molecule is COCO[C@]1(C(C)=O)CC[C@H]2[C@@H]3CCC4=CC(=O)[C@@H]5C[C@@H]5[C@]4(C)[C@H]3CC[C@@]21C. The van der Waals surface area contributed by atoms with Crippen LogP contribution in [0.4, 0.5) is 0 Å². The standard InChI is InChI=1S/C24H34O4/c1-14(25)24(28-13-27-4)10-8-18-16-6-5-15-11-21(26)17-12-20(17)23(15,3)19(16)7-9-22(18,24)2/h11,16-20H,5-10,12-13H2,1-4H3/t16-,17+,18-,19-,20-,22-,23-,24-/m0/s1. The van der Waals surface area contributed by atoms with Gasteiger partial charge in [-0.3, -0.25) is 9.59 Å². The van der Waals surface area contributed by atoms with Gasteiger partial charge in [0, 0.05) is 18.4 Å². The summed E-state index contributed by atoms with van der Waals surface area (Å²) in [4.78, 5) is 25.2. The Labute approximate surface area is 168 Å². The summed E-state index contributed by atoms with van der Waals surface area (Å²) in [5.74, 6) is 3.25. The molecule has 0 unspecified atom stereocenters. The highest BCUT2D eigenvalue weighted by Gasteiger charge is 2.69. The Kier molecular flexibility index (Phi) is 4.08. The van der Waals surface area contributed by atoms with Crippen LogP contribution in [0.1, 0.15) is 65.7 Å². The minimum atomic E-state index is -0.694. The lowest BCUT2D eigenvalue weighted by atomic mass is 9.46. The van der Waals surface area contributed by atoms with Gasteiger partial charge in [-0.15, -0.1) is 0 Å². The molecule has 4 saturated carbocycles. The number of ether oxygens (including phenoxy) is 2. The second-order valence-corrected chi connectivity index (χ2v) is 10.6. The van der Waals surface area contributed by atoms with E-state index in [9.17, 15) is 9.59 Å². The summed E-state index contributed by atoms with van der Waals surface area (Å²) in [5.41, 5.74) is 0.842. The summed E-state index contributed by atoms with van der Waals surface area (Å²) in [6.07, 6.45) is 9.41. The molecule has 4 fully saturated rings. The lowest BCUT2D eigenvalue weighted by Crippen LogP contribution is -2.58. The maximum Gasteiger partial charge on any atom is 0.162 e. The number of hydrogen-bond donors (Lipinski definition) is 0. The molecule has 28 heavy (non-hydrogen) atoms. The average molecular weight is 387 g/mol. The molecule has 5 aliphatic carbocycles. The number of Topliss-reactive ketones (excluding diaryl/α,β-unsaturated/α-hetero) is 1. The first-order valence-corrected chi connectivity index (χ1v) is 11.2. The van der Waals surface area contributed by atoms with Crippen LogP contribution in [-0.4, -0.2) is 31.1 Å². The molecule has 0 aromatic heterocycles. The predicted molar refractivity (Wildman–Crippen MR) is 105 cm³/mol. The molecule has 4 heteroatoms. The Hall–Kier alpha value is -1.00. The van der Waals surface area contributed by atoms with Gasteiger partial charge in [0.25, 0.3) is 0 Å². The van der Waals surface area contributed by atoms with E-state index < -0.39 is 5.60 Å². The Balaban J connectivity index is 1.50. The molecule has 4 nitrogen and oxygen atoms in total. The zero-order chi connectivity index (χ0) is 19.9. The highest BCUT2D eigenvalue weighted by molar-refractivity contribution is 5.96. The zero-order valence-corrected chi connectivity index (χ0v) is 17.8. The van der Waals surface area contributed by atoms with E-state index in [-0.39, 0.29) is 23.4 Å². The van der Waals surface area contributed by atoms with Gasteiger partial charge in [0.05, 0.1) is 0 Å². The maximum atomic E-state index is 12.9. The Morgan fingerprint density at radius 2 is 1.89 bits per heavy atom. The van der Waals surface area contributed by atoms with Crippen molar-refractivity contribution >= 4 is 11.6 Å². The first-order chi connectivity index (χ1) is 13.3. The minimum Gasteiger partial charge on any atom is -0.359 e. The Morgan fingerprint density at radius 3 is 2.61 bits per heavy atom. The molecule has 0 amide bonds. The maximum absolute atomic E-state index is 12.9. The van der Waals surface area contributed by atoms with E-state index >= 15 is 0 Å². The number of fused-ring (bicyclic) bond motifs is 7. The molecule has 0 saturated heterocycles. The Bertz CT molecular complexity index is 756. The number of carbonyl (C=O) groups is 2. The number of allylic oxidation sites excluding steroid dienone is 1. The quantitative estimate of drug-likeness (QED) is 0.675. The van der Waals surface area contributed by atoms with E-state index in [2.05, 4.69) is 13.8 Å². The molecule has 0 aliphatic heterocycles. The van der Waals surface area contributed by atoms with Crippen molar-refractivity contribution in [2.75, 3.05) is 13.9 Å². The average Bonchev–Trinajstić information content (AvgIpc) is 3.41. The predicted octanol–water partition coefficient (Wildman–Crippen LogP) is 4.32. The first kappa shape index (κ1) is 19.0. The van der Waals surface area contributed by atoms with Gasteiger partial charge in [0.1, 0.15) is 12.4 Å². The molecule has 154 valence electrons. The van der Waals surface area contributed by atoms with Crippen LogP contribution in [0.25, 0.3) is 0 Å². The van der Waals surface area contributed by atoms with Crippen molar-refractivity contribution in [2.24, 2.45) is 40.4 Å². The normalized spacial score (nSPS) is 51.5. The van der Waals surface area contributed by atoms with Crippen molar-refractivity contribution in [3.63, 3.8) is 0 Å². The van der Waals surface area contributed by atoms with Gasteiger partial charge in [-0.05, 0) is 87.0 Å². The van der Waals surface area contributed by atoms with Crippen molar-refractivity contribution in [3.8, 4) is 0 Å². The lowest BCUT2D eigenvalue weighted by molar-refractivity contribution is -0.200. The molecule has 0 bridgehead atoms. The fraction of sp³-hybridized carbons (Fsp3) is 0.833. The third-order valence-corrected chi connectivity index (χ3v) is 10.0. The van der Waals surface area contributed by atoms with Crippen LogP contribution in [-0.2, 0) is 19.1 Å². The van der Waals surface area contributed by atoms with Crippen molar-refractivity contribution < 1.29 is 19.1 Å². The van der Waals surface area contributed by atoms with E-state index in [1.807, 2.05) is 6.08 Å². The van der Waals surface area contributed by atoms with E-state index in [1.165, 1.54) is 5.57 Å². The van der Waals surface area contributed by atoms with Gasteiger partial charge in [-0.1, -0.05) is 19.4 Å². The molecule has 0 heterocycles. The molecule has 0 spiro atoms. The van der Waals surface area contributed by atoms with Crippen LogP contribution >= 0.6 is 0 Å². The molecule has 8 atom stereocenters. The van der Waals surface area contributed by atoms with E-state index in [0.717, 1.165) is 44.9 Å². The highest BCUT2D eigenvalue weighted by atomic mass is 16.7. The highest BCUT2D eigenvalue weighted by Crippen LogP contribution is 2.72. The summed E-state index contributed by atoms with van der Waals surface area (Å²) in [7, 11) is 1.63. The Morgan fingerprint density at radius 1 is 1.14 bits per heavy atom.